The lowest BCUT2D eigenvalue weighted by molar-refractivity contribution is 0.0303. The fraction of sp³-hybridized carbons (Fsp3) is 0.450. The summed E-state index contributed by atoms with van der Waals surface area (Å²) in [5.74, 6) is -0.0502. The van der Waals surface area contributed by atoms with Gasteiger partial charge in [-0.15, -0.1) is 0 Å². The fourth-order valence-corrected chi connectivity index (χ4v) is 3.16. The van der Waals surface area contributed by atoms with Gasteiger partial charge in [0.15, 0.2) is 0 Å². The first-order chi connectivity index (χ1) is 13.6. The number of aryl methyl sites for hydroxylation is 1. The number of urea groups is 1. The van der Waals surface area contributed by atoms with Gasteiger partial charge in [0.2, 0.25) is 0 Å². The van der Waals surface area contributed by atoms with Gasteiger partial charge >= 0.3 is 6.03 Å². The van der Waals surface area contributed by atoms with Gasteiger partial charge in [-0.1, -0.05) is 13.0 Å². The van der Waals surface area contributed by atoms with E-state index in [1.807, 2.05) is 24.7 Å². The maximum Gasteiger partial charge on any atom is 0.319 e. The summed E-state index contributed by atoms with van der Waals surface area (Å²) in [5, 5.41) is 10.1. The molecule has 2 N–H and O–H groups in total. The molecule has 1 aliphatic heterocycles. The van der Waals surface area contributed by atoms with Crippen molar-refractivity contribution in [3.63, 3.8) is 0 Å². The topological polar surface area (TPSA) is 88.5 Å². The van der Waals surface area contributed by atoms with Crippen LogP contribution in [-0.2, 0) is 11.3 Å². The van der Waals surface area contributed by atoms with Crippen molar-refractivity contribution in [2.45, 2.75) is 32.9 Å². The highest BCUT2D eigenvalue weighted by atomic mass is 16.5. The number of amides is 3. The SMILES string of the molecule is CCC(NC(=O)Nc1cccc(C(=O)N2CCOCC2)c1)c1cnn(CC)c1. The molecular formula is C20H27N5O3. The van der Waals surface area contributed by atoms with Crippen LogP contribution < -0.4 is 10.6 Å². The number of hydrogen-bond donors (Lipinski definition) is 2. The van der Waals surface area contributed by atoms with E-state index in [2.05, 4.69) is 15.7 Å². The number of ether oxygens (including phenoxy) is 1. The summed E-state index contributed by atoms with van der Waals surface area (Å²) in [6, 6.07) is 6.56. The molecule has 2 aromatic rings. The van der Waals surface area contributed by atoms with Gasteiger partial charge < -0.3 is 20.3 Å². The monoisotopic (exact) mass is 385 g/mol. The van der Waals surface area contributed by atoms with Crippen LogP contribution in [0.25, 0.3) is 0 Å². The van der Waals surface area contributed by atoms with Crippen molar-refractivity contribution in [1.29, 1.82) is 0 Å². The molecule has 0 bridgehead atoms. The molecule has 1 aliphatic rings. The molecule has 1 aromatic heterocycles. The van der Waals surface area contributed by atoms with Crippen molar-refractivity contribution >= 4 is 17.6 Å². The smallest absolute Gasteiger partial charge is 0.319 e. The summed E-state index contributed by atoms with van der Waals surface area (Å²) in [4.78, 5) is 26.8. The summed E-state index contributed by atoms with van der Waals surface area (Å²) in [5.41, 5.74) is 2.10. The minimum absolute atomic E-state index is 0.0502. The lowest BCUT2D eigenvalue weighted by Gasteiger charge is -2.27. The highest BCUT2D eigenvalue weighted by molar-refractivity contribution is 5.97. The Balaban J connectivity index is 1.62. The third-order valence-electron chi connectivity index (χ3n) is 4.76. The molecule has 0 radical (unpaired) electrons. The van der Waals surface area contributed by atoms with Gasteiger partial charge in [-0.25, -0.2) is 4.79 Å². The molecular weight excluding hydrogens is 358 g/mol. The predicted molar refractivity (Wildman–Crippen MR) is 106 cm³/mol. The highest BCUT2D eigenvalue weighted by Gasteiger charge is 2.19. The molecule has 150 valence electrons. The minimum atomic E-state index is -0.313. The van der Waals surface area contributed by atoms with Crippen LogP contribution in [0.2, 0.25) is 0 Å². The van der Waals surface area contributed by atoms with Crippen molar-refractivity contribution in [2.24, 2.45) is 0 Å². The highest BCUT2D eigenvalue weighted by Crippen LogP contribution is 2.17. The second kappa shape index (κ2) is 9.36. The molecule has 0 aliphatic carbocycles. The fourth-order valence-electron chi connectivity index (χ4n) is 3.16. The van der Waals surface area contributed by atoms with Crippen LogP contribution in [0.1, 0.15) is 42.2 Å². The van der Waals surface area contributed by atoms with Crippen LogP contribution in [0.3, 0.4) is 0 Å². The second-order valence-electron chi connectivity index (χ2n) is 6.67. The Kier molecular flexibility index (Phi) is 6.65. The molecule has 8 heteroatoms. The minimum Gasteiger partial charge on any atom is -0.378 e. The van der Waals surface area contributed by atoms with E-state index in [9.17, 15) is 9.59 Å². The molecule has 8 nitrogen and oxygen atoms in total. The standard InChI is InChI=1S/C20H27N5O3/c1-3-18(16-13-21-25(4-2)14-16)23-20(27)22-17-7-5-6-15(12-17)19(26)24-8-10-28-11-9-24/h5-7,12-14,18H,3-4,8-11H2,1-2H3,(H2,22,23,27). The van der Waals surface area contributed by atoms with Gasteiger partial charge in [0.25, 0.3) is 5.91 Å². The maximum atomic E-state index is 12.6. The molecule has 0 spiro atoms. The van der Waals surface area contributed by atoms with Crippen LogP contribution in [0.5, 0.6) is 0 Å². The van der Waals surface area contributed by atoms with Crippen LogP contribution in [0, 0.1) is 0 Å². The van der Waals surface area contributed by atoms with Gasteiger partial charge in [0.05, 0.1) is 25.5 Å². The van der Waals surface area contributed by atoms with E-state index >= 15 is 0 Å². The van der Waals surface area contributed by atoms with E-state index in [1.165, 1.54) is 0 Å². The van der Waals surface area contributed by atoms with Crippen molar-refractivity contribution in [3.8, 4) is 0 Å². The van der Waals surface area contributed by atoms with Crippen molar-refractivity contribution < 1.29 is 14.3 Å². The van der Waals surface area contributed by atoms with E-state index in [1.54, 1.807) is 35.4 Å². The maximum absolute atomic E-state index is 12.6. The molecule has 1 fully saturated rings. The Morgan fingerprint density at radius 3 is 2.71 bits per heavy atom. The van der Waals surface area contributed by atoms with Crippen molar-refractivity contribution in [3.05, 3.63) is 47.8 Å². The predicted octanol–water partition coefficient (Wildman–Crippen LogP) is 2.65. The molecule has 28 heavy (non-hydrogen) atoms. The van der Waals surface area contributed by atoms with Crippen LogP contribution in [0.4, 0.5) is 10.5 Å². The Hall–Kier alpha value is -2.87. The second-order valence-corrected chi connectivity index (χ2v) is 6.67. The molecule has 1 atom stereocenters. The zero-order valence-electron chi connectivity index (χ0n) is 16.4. The molecule has 1 saturated heterocycles. The van der Waals surface area contributed by atoms with E-state index in [-0.39, 0.29) is 18.0 Å². The number of rotatable bonds is 6. The van der Waals surface area contributed by atoms with Gasteiger partial charge in [0, 0.05) is 42.6 Å². The summed E-state index contributed by atoms with van der Waals surface area (Å²) in [6.45, 7) is 7.09. The van der Waals surface area contributed by atoms with E-state index < -0.39 is 0 Å². The van der Waals surface area contributed by atoms with E-state index in [0.717, 1.165) is 18.5 Å². The largest absolute Gasteiger partial charge is 0.378 e. The Morgan fingerprint density at radius 2 is 2.04 bits per heavy atom. The van der Waals surface area contributed by atoms with Gasteiger partial charge in [-0.2, -0.15) is 5.10 Å². The number of morpholine rings is 1. The number of aromatic nitrogens is 2. The molecule has 3 amide bonds. The number of carbonyl (C=O) groups excluding carboxylic acids is 2. The summed E-state index contributed by atoms with van der Waals surface area (Å²) >= 11 is 0. The molecule has 3 rings (SSSR count). The van der Waals surface area contributed by atoms with Crippen molar-refractivity contribution in [1.82, 2.24) is 20.0 Å². The number of nitrogens with one attached hydrogen (secondary N) is 2. The Morgan fingerprint density at radius 1 is 1.25 bits per heavy atom. The Bertz CT molecular complexity index is 814. The van der Waals surface area contributed by atoms with Gasteiger partial charge in [0.1, 0.15) is 0 Å². The van der Waals surface area contributed by atoms with Crippen LogP contribution in [0.15, 0.2) is 36.7 Å². The first kappa shape index (κ1) is 19.9. The lowest BCUT2D eigenvalue weighted by Crippen LogP contribution is -2.40. The van der Waals surface area contributed by atoms with Crippen LogP contribution in [-0.4, -0.2) is 52.9 Å². The van der Waals surface area contributed by atoms with E-state index in [0.29, 0.717) is 37.6 Å². The molecule has 0 saturated carbocycles. The number of carbonyl (C=O) groups is 2. The normalized spacial score (nSPS) is 15.1. The van der Waals surface area contributed by atoms with Gasteiger partial charge in [-0.3, -0.25) is 9.48 Å². The summed E-state index contributed by atoms with van der Waals surface area (Å²) < 4.78 is 7.12. The molecule has 1 unspecified atom stereocenters. The average molecular weight is 385 g/mol. The molecule has 1 aromatic carbocycles. The lowest BCUT2D eigenvalue weighted by atomic mass is 10.1. The number of anilines is 1. The Labute approximate surface area is 164 Å². The summed E-state index contributed by atoms with van der Waals surface area (Å²) in [6.07, 6.45) is 4.47. The third-order valence-corrected chi connectivity index (χ3v) is 4.76. The van der Waals surface area contributed by atoms with E-state index in [4.69, 9.17) is 4.74 Å². The average Bonchev–Trinajstić information content (AvgIpc) is 3.21. The zero-order chi connectivity index (χ0) is 19.9. The van der Waals surface area contributed by atoms with Crippen molar-refractivity contribution in [2.75, 3.05) is 31.6 Å². The molecule has 2 heterocycles. The summed E-state index contributed by atoms with van der Waals surface area (Å²) in [7, 11) is 0. The number of benzene rings is 1. The number of nitrogens with zero attached hydrogens (tertiary/aromatic N) is 3. The third kappa shape index (κ3) is 4.89. The first-order valence-corrected chi connectivity index (χ1v) is 9.67. The van der Waals surface area contributed by atoms with Crippen LogP contribution >= 0.6 is 0 Å². The number of hydrogen-bond acceptors (Lipinski definition) is 4. The zero-order valence-corrected chi connectivity index (χ0v) is 16.4. The first-order valence-electron chi connectivity index (χ1n) is 9.67. The quantitative estimate of drug-likeness (QED) is 0.800. The van der Waals surface area contributed by atoms with Gasteiger partial charge in [-0.05, 0) is 31.5 Å².